The predicted octanol–water partition coefficient (Wildman–Crippen LogP) is 2.86. The summed E-state index contributed by atoms with van der Waals surface area (Å²) in [6, 6.07) is 3.69. The van der Waals surface area contributed by atoms with Crippen LogP contribution in [-0.2, 0) is 6.42 Å². The molecule has 3 heteroatoms. The second kappa shape index (κ2) is 4.78. The van der Waals surface area contributed by atoms with Crippen LogP contribution in [0.1, 0.15) is 35.7 Å². The highest BCUT2D eigenvalue weighted by Crippen LogP contribution is 2.38. The molecule has 1 aromatic rings. The first-order valence-corrected chi connectivity index (χ1v) is 6.01. The van der Waals surface area contributed by atoms with E-state index >= 15 is 0 Å². The minimum Gasteiger partial charge on any atom is -0.496 e. The topological polar surface area (TPSA) is 35.5 Å². The molecule has 2 rings (SSSR count). The molecule has 0 saturated heterocycles. The molecule has 1 aromatic carbocycles. The van der Waals surface area contributed by atoms with Gasteiger partial charge in [0.05, 0.1) is 19.8 Å². The van der Waals surface area contributed by atoms with Crippen LogP contribution in [-0.4, -0.2) is 20.0 Å². The van der Waals surface area contributed by atoms with Crippen molar-refractivity contribution in [3.63, 3.8) is 0 Å². The third-order valence-corrected chi connectivity index (χ3v) is 3.52. The second-order valence-corrected chi connectivity index (χ2v) is 4.33. The van der Waals surface area contributed by atoms with Crippen LogP contribution < -0.4 is 9.47 Å². The molecular formula is C14H18O3. The van der Waals surface area contributed by atoms with Gasteiger partial charge < -0.3 is 9.47 Å². The van der Waals surface area contributed by atoms with E-state index in [-0.39, 0.29) is 11.7 Å². The average molecular weight is 234 g/mol. The van der Waals surface area contributed by atoms with Crippen LogP contribution in [0.25, 0.3) is 0 Å². The zero-order valence-corrected chi connectivity index (χ0v) is 10.6. The van der Waals surface area contributed by atoms with Crippen molar-refractivity contribution < 1.29 is 14.3 Å². The Morgan fingerprint density at radius 3 is 2.47 bits per heavy atom. The van der Waals surface area contributed by atoms with Crippen molar-refractivity contribution in [2.45, 2.75) is 26.2 Å². The Morgan fingerprint density at radius 1 is 1.24 bits per heavy atom. The molecule has 0 fully saturated rings. The van der Waals surface area contributed by atoms with Crippen LogP contribution >= 0.6 is 0 Å². The molecule has 1 aliphatic rings. The number of rotatable bonds is 3. The summed E-state index contributed by atoms with van der Waals surface area (Å²) in [7, 11) is 3.24. The molecule has 0 N–H and O–H groups in total. The van der Waals surface area contributed by atoms with E-state index in [1.807, 2.05) is 12.1 Å². The molecule has 0 amide bonds. The van der Waals surface area contributed by atoms with Crippen molar-refractivity contribution >= 4 is 5.78 Å². The fourth-order valence-corrected chi connectivity index (χ4v) is 2.53. The molecule has 0 radical (unpaired) electrons. The molecule has 0 bridgehead atoms. The van der Waals surface area contributed by atoms with Gasteiger partial charge in [-0.25, -0.2) is 0 Å². The number of methoxy groups -OCH3 is 2. The first kappa shape index (κ1) is 12.0. The van der Waals surface area contributed by atoms with Gasteiger partial charge in [-0.1, -0.05) is 6.92 Å². The van der Waals surface area contributed by atoms with E-state index in [9.17, 15) is 4.79 Å². The zero-order chi connectivity index (χ0) is 12.4. The third kappa shape index (κ3) is 1.90. The number of hydrogen-bond acceptors (Lipinski definition) is 3. The summed E-state index contributed by atoms with van der Waals surface area (Å²) in [6.07, 6.45) is 2.68. The maximum absolute atomic E-state index is 12.4. The van der Waals surface area contributed by atoms with Gasteiger partial charge in [0.2, 0.25) is 0 Å². The van der Waals surface area contributed by atoms with Gasteiger partial charge in [-0.2, -0.15) is 0 Å². The lowest BCUT2D eigenvalue weighted by molar-refractivity contribution is 0.0894. The summed E-state index contributed by atoms with van der Waals surface area (Å²) in [5, 5.41) is 0. The molecule has 1 aliphatic carbocycles. The van der Waals surface area contributed by atoms with E-state index in [1.165, 1.54) is 0 Å². The zero-order valence-electron chi connectivity index (χ0n) is 10.6. The summed E-state index contributed by atoms with van der Waals surface area (Å²) in [4.78, 5) is 12.4. The Kier molecular flexibility index (Phi) is 3.36. The Labute approximate surface area is 102 Å². The van der Waals surface area contributed by atoms with E-state index in [1.54, 1.807) is 14.2 Å². The van der Waals surface area contributed by atoms with Crippen LogP contribution in [0.4, 0.5) is 0 Å². The minimum absolute atomic E-state index is 0.128. The highest BCUT2D eigenvalue weighted by Gasteiger charge is 2.31. The molecule has 0 heterocycles. The second-order valence-electron chi connectivity index (χ2n) is 4.33. The van der Waals surface area contributed by atoms with Crippen molar-refractivity contribution in [2.24, 2.45) is 5.92 Å². The standard InChI is InChI=1S/C14H18O3/c1-4-9-5-6-10-11(16-2)7-8-12(17-3)13(10)14(9)15/h7-9H,4-6H2,1-3H3. The lowest BCUT2D eigenvalue weighted by Crippen LogP contribution is -2.23. The molecule has 17 heavy (non-hydrogen) atoms. The van der Waals surface area contributed by atoms with E-state index in [2.05, 4.69) is 6.92 Å². The summed E-state index contributed by atoms with van der Waals surface area (Å²) in [5.74, 6) is 1.79. The predicted molar refractivity (Wildman–Crippen MR) is 66.0 cm³/mol. The van der Waals surface area contributed by atoms with Gasteiger partial charge in [0.15, 0.2) is 5.78 Å². The Hall–Kier alpha value is -1.51. The van der Waals surface area contributed by atoms with Gasteiger partial charge >= 0.3 is 0 Å². The van der Waals surface area contributed by atoms with Crippen molar-refractivity contribution in [2.75, 3.05) is 14.2 Å². The number of benzene rings is 1. The molecule has 0 saturated carbocycles. The summed E-state index contributed by atoms with van der Waals surface area (Å²) in [5.41, 5.74) is 1.73. The molecule has 1 atom stereocenters. The average Bonchev–Trinajstić information content (AvgIpc) is 2.38. The van der Waals surface area contributed by atoms with Crippen molar-refractivity contribution in [1.82, 2.24) is 0 Å². The van der Waals surface area contributed by atoms with E-state index in [4.69, 9.17) is 9.47 Å². The quantitative estimate of drug-likeness (QED) is 0.806. The van der Waals surface area contributed by atoms with E-state index < -0.39 is 0 Å². The van der Waals surface area contributed by atoms with Crippen LogP contribution in [0.2, 0.25) is 0 Å². The summed E-state index contributed by atoms with van der Waals surface area (Å²) in [6.45, 7) is 2.06. The Balaban J connectivity index is 2.56. The molecule has 0 spiro atoms. The molecule has 3 nitrogen and oxygen atoms in total. The van der Waals surface area contributed by atoms with Crippen LogP contribution in [0, 0.1) is 5.92 Å². The van der Waals surface area contributed by atoms with Crippen LogP contribution in [0.15, 0.2) is 12.1 Å². The molecular weight excluding hydrogens is 216 g/mol. The first-order chi connectivity index (χ1) is 8.22. The van der Waals surface area contributed by atoms with Crippen molar-refractivity contribution in [3.8, 4) is 11.5 Å². The van der Waals surface area contributed by atoms with E-state index in [0.29, 0.717) is 5.75 Å². The highest BCUT2D eigenvalue weighted by molar-refractivity contribution is 6.03. The Morgan fingerprint density at radius 2 is 1.88 bits per heavy atom. The molecule has 92 valence electrons. The molecule has 0 aromatic heterocycles. The fourth-order valence-electron chi connectivity index (χ4n) is 2.53. The smallest absolute Gasteiger partial charge is 0.170 e. The monoisotopic (exact) mass is 234 g/mol. The third-order valence-electron chi connectivity index (χ3n) is 3.52. The van der Waals surface area contributed by atoms with E-state index in [0.717, 1.165) is 36.1 Å². The lowest BCUT2D eigenvalue weighted by atomic mass is 9.80. The Bertz CT molecular complexity index is 437. The SMILES string of the molecule is CCC1CCc2c(OC)ccc(OC)c2C1=O. The first-order valence-electron chi connectivity index (χ1n) is 6.01. The van der Waals surface area contributed by atoms with Crippen molar-refractivity contribution in [1.29, 1.82) is 0 Å². The van der Waals surface area contributed by atoms with Crippen LogP contribution in [0.3, 0.4) is 0 Å². The fraction of sp³-hybridized carbons (Fsp3) is 0.500. The lowest BCUT2D eigenvalue weighted by Gasteiger charge is -2.25. The van der Waals surface area contributed by atoms with Crippen molar-refractivity contribution in [3.05, 3.63) is 23.3 Å². The van der Waals surface area contributed by atoms with Gasteiger partial charge in [0.1, 0.15) is 11.5 Å². The number of ketones is 1. The maximum atomic E-state index is 12.4. The minimum atomic E-state index is 0.128. The molecule has 0 aliphatic heterocycles. The normalized spacial score (nSPS) is 18.8. The van der Waals surface area contributed by atoms with Gasteiger partial charge in [-0.3, -0.25) is 4.79 Å². The number of ether oxygens (including phenoxy) is 2. The van der Waals surface area contributed by atoms with Gasteiger partial charge in [-0.15, -0.1) is 0 Å². The number of carbonyl (C=O) groups excluding carboxylic acids is 1. The van der Waals surface area contributed by atoms with Gasteiger partial charge in [0, 0.05) is 11.5 Å². The summed E-state index contributed by atoms with van der Waals surface area (Å²) < 4.78 is 10.6. The highest BCUT2D eigenvalue weighted by atomic mass is 16.5. The van der Waals surface area contributed by atoms with Gasteiger partial charge in [0.25, 0.3) is 0 Å². The molecule has 1 unspecified atom stereocenters. The largest absolute Gasteiger partial charge is 0.496 e. The number of hydrogen-bond donors (Lipinski definition) is 0. The summed E-state index contributed by atoms with van der Waals surface area (Å²) >= 11 is 0. The van der Waals surface area contributed by atoms with Gasteiger partial charge in [-0.05, 0) is 31.4 Å². The number of Topliss-reactive ketones (excluding diaryl/α,β-unsaturated/α-hetero) is 1. The maximum Gasteiger partial charge on any atom is 0.170 e. The number of fused-ring (bicyclic) bond motifs is 1. The van der Waals surface area contributed by atoms with Crippen LogP contribution in [0.5, 0.6) is 11.5 Å². The number of carbonyl (C=O) groups is 1.